The third-order valence-corrected chi connectivity index (χ3v) is 5.22. The maximum Gasteiger partial charge on any atom is 0.186 e. The van der Waals surface area contributed by atoms with Gasteiger partial charge in [0.15, 0.2) is 10.9 Å². The van der Waals surface area contributed by atoms with Crippen molar-refractivity contribution in [3.05, 3.63) is 53.9 Å². The molecular formula is C17H16F2N4S. The van der Waals surface area contributed by atoms with E-state index in [1.165, 1.54) is 17.4 Å². The molecule has 3 heterocycles. The van der Waals surface area contributed by atoms with Gasteiger partial charge in [-0.2, -0.15) is 0 Å². The van der Waals surface area contributed by atoms with Crippen LogP contribution < -0.4 is 4.90 Å². The minimum absolute atomic E-state index is 0.257. The molecule has 0 radical (unpaired) electrons. The highest BCUT2D eigenvalue weighted by atomic mass is 32.1. The molecule has 3 aromatic rings. The Morgan fingerprint density at radius 2 is 1.92 bits per heavy atom. The zero-order chi connectivity index (χ0) is 16.5. The van der Waals surface area contributed by atoms with Crippen molar-refractivity contribution < 1.29 is 8.78 Å². The van der Waals surface area contributed by atoms with Gasteiger partial charge in [-0.3, -0.25) is 9.88 Å². The van der Waals surface area contributed by atoms with Crippen molar-refractivity contribution in [1.82, 2.24) is 14.9 Å². The van der Waals surface area contributed by atoms with E-state index in [0.717, 1.165) is 49.6 Å². The first-order valence-corrected chi connectivity index (χ1v) is 8.63. The normalized spacial score (nSPS) is 16.0. The number of pyridine rings is 1. The van der Waals surface area contributed by atoms with Gasteiger partial charge in [-0.15, -0.1) is 0 Å². The standard InChI is InChI=1S/C17H16F2N4S/c18-12-9-14(19)16-15(10-12)24-17(21-16)23-7-5-22(6-8-23)11-13-3-1-2-4-20-13/h1-4,9-10H,5-8,11H2. The Kier molecular flexibility index (Phi) is 4.12. The summed E-state index contributed by atoms with van der Waals surface area (Å²) in [6.45, 7) is 4.24. The Morgan fingerprint density at radius 3 is 2.67 bits per heavy atom. The van der Waals surface area contributed by atoms with Crippen molar-refractivity contribution in [3.63, 3.8) is 0 Å². The van der Waals surface area contributed by atoms with Crippen LogP contribution in [0.3, 0.4) is 0 Å². The summed E-state index contributed by atoms with van der Waals surface area (Å²) < 4.78 is 27.7. The first-order chi connectivity index (χ1) is 11.7. The predicted octanol–water partition coefficient (Wildman–Crippen LogP) is 3.29. The van der Waals surface area contributed by atoms with E-state index in [-0.39, 0.29) is 5.52 Å². The molecule has 24 heavy (non-hydrogen) atoms. The van der Waals surface area contributed by atoms with E-state index in [2.05, 4.69) is 19.8 Å². The smallest absolute Gasteiger partial charge is 0.186 e. The lowest BCUT2D eigenvalue weighted by molar-refractivity contribution is 0.247. The van der Waals surface area contributed by atoms with Gasteiger partial charge in [0.05, 0.1) is 10.4 Å². The summed E-state index contributed by atoms with van der Waals surface area (Å²) >= 11 is 1.34. The fourth-order valence-electron chi connectivity index (χ4n) is 2.90. The Morgan fingerprint density at radius 1 is 1.08 bits per heavy atom. The number of hydrogen-bond donors (Lipinski definition) is 0. The molecule has 124 valence electrons. The molecule has 0 amide bonds. The van der Waals surface area contributed by atoms with Crippen LogP contribution in [0.1, 0.15) is 5.69 Å². The second-order valence-electron chi connectivity index (χ2n) is 5.82. The summed E-state index contributed by atoms with van der Waals surface area (Å²) in [5.74, 6) is -1.16. The van der Waals surface area contributed by atoms with Gasteiger partial charge in [-0.1, -0.05) is 17.4 Å². The molecule has 0 N–H and O–H groups in total. The van der Waals surface area contributed by atoms with E-state index in [0.29, 0.717) is 4.70 Å². The van der Waals surface area contributed by atoms with Gasteiger partial charge in [0, 0.05) is 45.0 Å². The van der Waals surface area contributed by atoms with E-state index in [1.54, 1.807) is 6.20 Å². The van der Waals surface area contributed by atoms with E-state index in [1.807, 2.05) is 18.2 Å². The maximum atomic E-state index is 13.8. The number of halogens is 2. The summed E-state index contributed by atoms with van der Waals surface area (Å²) in [6, 6.07) is 8.16. The molecule has 1 saturated heterocycles. The second-order valence-corrected chi connectivity index (χ2v) is 6.82. The van der Waals surface area contributed by atoms with Crippen molar-refractivity contribution >= 4 is 26.7 Å². The molecule has 1 fully saturated rings. The molecule has 4 nitrogen and oxygen atoms in total. The van der Waals surface area contributed by atoms with Crippen molar-refractivity contribution in [1.29, 1.82) is 0 Å². The number of hydrogen-bond acceptors (Lipinski definition) is 5. The maximum absolute atomic E-state index is 13.8. The van der Waals surface area contributed by atoms with Gasteiger partial charge in [0.2, 0.25) is 0 Å². The predicted molar refractivity (Wildman–Crippen MR) is 91.3 cm³/mol. The lowest BCUT2D eigenvalue weighted by atomic mass is 10.3. The Hall–Kier alpha value is -2.12. The SMILES string of the molecule is Fc1cc(F)c2nc(N3CCN(Cc4ccccn4)CC3)sc2c1. The molecule has 0 saturated carbocycles. The molecule has 0 spiro atoms. The molecule has 4 rings (SSSR count). The van der Waals surface area contributed by atoms with Gasteiger partial charge >= 0.3 is 0 Å². The van der Waals surface area contributed by atoms with Crippen LogP contribution in [-0.2, 0) is 6.54 Å². The van der Waals surface area contributed by atoms with Crippen LogP contribution >= 0.6 is 11.3 Å². The number of benzene rings is 1. The Balaban J connectivity index is 1.45. The fourth-order valence-corrected chi connectivity index (χ4v) is 3.96. The Bertz CT molecular complexity index is 844. The fraction of sp³-hybridized carbons (Fsp3) is 0.294. The van der Waals surface area contributed by atoms with Gasteiger partial charge in [-0.25, -0.2) is 13.8 Å². The van der Waals surface area contributed by atoms with E-state index >= 15 is 0 Å². The third kappa shape index (κ3) is 3.09. The van der Waals surface area contributed by atoms with E-state index in [9.17, 15) is 8.78 Å². The van der Waals surface area contributed by atoms with Crippen LogP contribution in [0, 0.1) is 11.6 Å². The zero-order valence-electron chi connectivity index (χ0n) is 13.0. The number of thiazole rings is 1. The number of rotatable bonds is 3. The summed E-state index contributed by atoms with van der Waals surface area (Å²) in [5, 5.41) is 0.756. The van der Waals surface area contributed by atoms with Gasteiger partial charge in [0.25, 0.3) is 0 Å². The minimum Gasteiger partial charge on any atom is -0.345 e. The van der Waals surface area contributed by atoms with Crippen LogP contribution in [0.15, 0.2) is 36.5 Å². The number of aromatic nitrogens is 2. The number of anilines is 1. The van der Waals surface area contributed by atoms with Crippen LogP contribution in [0.4, 0.5) is 13.9 Å². The quantitative estimate of drug-likeness (QED) is 0.728. The van der Waals surface area contributed by atoms with Crippen molar-refractivity contribution in [2.45, 2.75) is 6.54 Å². The van der Waals surface area contributed by atoms with Crippen LogP contribution in [0.5, 0.6) is 0 Å². The van der Waals surface area contributed by atoms with Crippen molar-refractivity contribution in [2.75, 3.05) is 31.1 Å². The summed E-state index contributed by atoms with van der Waals surface area (Å²) in [4.78, 5) is 13.2. The molecule has 1 aliphatic rings. The molecule has 1 aromatic carbocycles. The van der Waals surface area contributed by atoms with E-state index < -0.39 is 11.6 Å². The van der Waals surface area contributed by atoms with Gasteiger partial charge in [0.1, 0.15) is 11.3 Å². The molecular weight excluding hydrogens is 330 g/mol. The van der Waals surface area contributed by atoms with Gasteiger partial charge in [-0.05, 0) is 18.2 Å². The minimum atomic E-state index is -0.596. The van der Waals surface area contributed by atoms with Crippen LogP contribution in [0.25, 0.3) is 10.2 Å². The monoisotopic (exact) mass is 346 g/mol. The number of nitrogens with zero attached hydrogens (tertiary/aromatic N) is 4. The summed E-state index contributed by atoms with van der Waals surface area (Å²) in [6.07, 6.45) is 1.81. The summed E-state index contributed by atoms with van der Waals surface area (Å²) in [7, 11) is 0. The third-order valence-electron chi connectivity index (χ3n) is 4.16. The molecule has 7 heteroatoms. The highest BCUT2D eigenvalue weighted by Crippen LogP contribution is 2.31. The molecule has 1 aliphatic heterocycles. The topological polar surface area (TPSA) is 32.3 Å². The molecule has 0 atom stereocenters. The van der Waals surface area contributed by atoms with Gasteiger partial charge < -0.3 is 4.90 Å². The first kappa shape index (κ1) is 15.4. The van der Waals surface area contributed by atoms with Crippen LogP contribution in [0.2, 0.25) is 0 Å². The molecule has 0 unspecified atom stereocenters. The number of fused-ring (bicyclic) bond motifs is 1. The average Bonchev–Trinajstić information content (AvgIpc) is 3.01. The highest BCUT2D eigenvalue weighted by molar-refractivity contribution is 7.22. The summed E-state index contributed by atoms with van der Waals surface area (Å²) in [5.41, 5.74) is 1.32. The lowest BCUT2D eigenvalue weighted by Crippen LogP contribution is -2.46. The molecule has 0 aliphatic carbocycles. The molecule has 0 bridgehead atoms. The number of piperazine rings is 1. The van der Waals surface area contributed by atoms with Crippen molar-refractivity contribution in [2.24, 2.45) is 0 Å². The second kappa shape index (κ2) is 6.41. The zero-order valence-corrected chi connectivity index (χ0v) is 13.8. The van der Waals surface area contributed by atoms with Crippen LogP contribution in [-0.4, -0.2) is 41.0 Å². The van der Waals surface area contributed by atoms with Crippen molar-refractivity contribution in [3.8, 4) is 0 Å². The Labute approximate surface area is 142 Å². The molecule has 2 aromatic heterocycles. The first-order valence-electron chi connectivity index (χ1n) is 7.82. The highest BCUT2D eigenvalue weighted by Gasteiger charge is 2.21. The lowest BCUT2D eigenvalue weighted by Gasteiger charge is -2.34. The van der Waals surface area contributed by atoms with E-state index in [4.69, 9.17) is 0 Å². The average molecular weight is 346 g/mol. The largest absolute Gasteiger partial charge is 0.345 e.